The van der Waals surface area contributed by atoms with E-state index in [-0.39, 0.29) is 0 Å². The quantitative estimate of drug-likeness (QED) is 0.581. The molecule has 29 heavy (non-hydrogen) atoms. The molecule has 1 aliphatic rings. The first-order chi connectivity index (χ1) is 14.3. The zero-order chi connectivity index (χ0) is 19.9. The summed E-state index contributed by atoms with van der Waals surface area (Å²) in [5.74, 6) is 0.795. The maximum absolute atomic E-state index is 10.3. The number of hydrogen-bond donors (Lipinski definition) is 2. The highest BCUT2D eigenvalue weighted by molar-refractivity contribution is 5.65. The molecule has 0 radical (unpaired) electrons. The van der Waals surface area contributed by atoms with Crippen molar-refractivity contribution in [1.82, 2.24) is 5.32 Å². The Kier molecular flexibility index (Phi) is 6.60. The fraction of sp³-hybridized carbons (Fsp3) is 0.308. The zero-order valence-corrected chi connectivity index (χ0v) is 16.8. The van der Waals surface area contributed by atoms with Crippen molar-refractivity contribution in [2.24, 2.45) is 0 Å². The number of nitrogens with one attached hydrogen (secondary N) is 1. The van der Waals surface area contributed by atoms with Crippen molar-refractivity contribution >= 4 is 0 Å². The van der Waals surface area contributed by atoms with Crippen LogP contribution in [0.15, 0.2) is 78.9 Å². The SMILES string of the molecule is O[C@@H](CNC1CCCc2ccc(-c3ccccc3)cc2C1)COc1ccccc1. The minimum atomic E-state index is -0.520. The zero-order valence-electron chi connectivity index (χ0n) is 16.8. The summed E-state index contributed by atoms with van der Waals surface area (Å²) < 4.78 is 5.66. The van der Waals surface area contributed by atoms with Crippen LogP contribution in [0.1, 0.15) is 24.0 Å². The standard InChI is InChI=1S/C26H29NO2/c28-25(19-29-26-12-5-2-6-13-26)18-27-24-11-7-10-21-14-15-22(16-23(21)17-24)20-8-3-1-4-9-20/h1-6,8-9,12-16,24-25,27-28H,7,10-11,17-19H2/t24?,25-/m0/s1. The van der Waals surface area contributed by atoms with E-state index in [1.807, 2.05) is 30.3 Å². The number of benzene rings is 3. The molecule has 2 N–H and O–H groups in total. The van der Waals surface area contributed by atoms with Gasteiger partial charge < -0.3 is 15.2 Å². The minimum absolute atomic E-state index is 0.304. The monoisotopic (exact) mass is 387 g/mol. The molecule has 2 atom stereocenters. The van der Waals surface area contributed by atoms with E-state index in [1.54, 1.807) is 0 Å². The fourth-order valence-electron chi connectivity index (χ4n) is 4.02. The van der Waals surface area contributed by atoms with Gasteiger partial charge in [0.2, 0.25) is 0 Å². The van der Waals surface area contributed by atoms with Gasteiger partial charge in [-0.25, -0.2) is 0 Å². The Hall–Kier alpha value is -2.62. The Labute approximate surface area is 173 Å². The van der Waals surface area contributed by atoms with E-state index in [1.165, 1.54) is 28.7 Å². The molecule has 0 heterocycles. The third-order valence-electron chi connectivity index (χ3n) is 5.61. The minimum Gasteiger partial charge on any atom is -0.491 e. The molecule has 0 saturated carbocycles. The lowest BCUT2D eigenvalue weighted by molar-refractivity contribution is 0.103. The number of rotatable bonds is 7. The molecule has 0 aliphatic heterocycles. The molecule has 4 rings (SSSR count). The number of para-hydroxylation sites is 1. The molecule has 0 bridgehead atoms. The number of aliphatic hydroxyl groups excluding tert-OH is 1. The summed E-state index contributed by atoms with van der Waals surface area (Å²) in [7, 11) is 0. The van der Waals surface area contributed by atoms with Crippen LogP contribution in [0, 0.1) is 0 Å². The molecule has 0 amide bonds. The summed E-state index contributed by atoms with van der Waals surface area (Å²) in [5.41, 5.74) is 5.43. The highest BCUT2D eigenvalue weighted by atomic mass is 16.5. The van der Waals surface area contributed by atoms with Gasteiger partial charge in [-0.05, 0) is 60.1 Å². The highest BCUT2D eigenvalue weighted by Gasteiger charge is 2.18. The number of aryl methyl sites for hydroxylation is 1. The van der Waals surface area contributed by atoms with E-state index in [4.69, 9.17) is 4.74 Å². The van der Waals surface area contributed by atoms with Gasteiger partial charge in [-0.1, -0.05) is 66.7 Å². The van der Waals surface area contributed by atoms with Crippen molar-refractivity contribution in [3.05, 3.63) is 90.0 Å². The molecule has 150 valence electrons. The molecule has 3 nitrogen and oxygen atoms in total. The van der Waals surface area contributed by atoms with Crippen molar-refractivity contribution in [3.63, 3.8) is 0 Å². The maximum atomic E-state index is 10.3. The van der Waals surface area contributed by atoms with Gasteiger partial charge >= 0.3 is 0 Å². The summed E-state index contributed by atoms with van der Waals surface area (Å²) in [5, 5.41) is 13.9. The second kappa shape index (κ2) is 9.73. The van der Waals surface area contributed by atoms with E-state index in [2.05, 4.69) is 53.8 Å². The second-order valence-corrected chi connectivity index (χ2v) is 7.83. The molecule has 1 aliphatic carbocycles. The summed E-state index contributed by atoms with van der Waals surface area (Å²) in [6.07, 6.45) is 3.91. The van der Waals surface area contributed by atoms with Crippen molar-refractivity contribution in [3.8, 4) is 16.9 Å². The molecule has 1 unspecified atom stereocenters. The summed E-state index contributed by atoms with van der Waals surface area (Å²) in [6.45, 7) is 0.851. The van der Waals surface area contributed by atoms with Crippen LogP contribution in [-0.4, -0.2) is 30.4 Å². The fourth-order valence-corrected chi connectivity index (χ4v) is 4.02. The van der Waals surface area contributed by atoms with Gasteiger partial charge in [0.15, 0.2) is 0 Å². The Balaban J connectivity index is 1.34. The topological polar surface area (TPSA) is 41.5 Å². The first-order valence-electron chi connectivity index (χ1n) is 10.5. The van der Waals surface area contributed by atoms with E-state index in [0.717, 1.165) is 25.0 Å². The Bertz CT molecular complexity index is 895. The molecular weight excluding hydrogens is 358 g/mol. The van der Waals surface area contributed by atoms with Gasteiger partial charge in [0.05, 0.1) is 0 Å². The predicted octanol–water partition coefficient (Wildman–Crippen LogP) is 4.63. The van der Waals surface area contributed by atoms with E-state index in [9.17, 15) is 5.11 Å². The number of aliphatic hydroxyl groups is 1. The van der Waals surface area contributed by atoms with Crippen molar-refractivity contribution in [2.75, 3.05) is 13.2 Å². The first-order valence-corrected chi connectivity index (χ1v) is 10.5. The predicted molar refractivity (Wildman–Crippen MR) is 118 cm³/mol. The molecule has 3 aromatic rings. The van der Waals surface area contributed by atoms with Crippen molar-refractivity contribution in [1.29, 1.82) is 0 Å². The van der Waals surface area contributed by atoms with E-state index >= 15 is 0 Å². The third-order valence-corrected chi connectivity index (χ3v) is 5.61. The Morgan fingerprint density at radius 1 is 0.897 bits per heavy atom. The molecule has 3 heteroatoms. The van der Waals surface area contributed by atoms with Crippen LogP contribution in [0.3, 0.4) is 0 Å². The van der Waals surface area contributed by atoms with Crippen LogP contribution in [0.4, 0.5) is 0 Å². The molecular formula is C26H29NO2. The molecule has 0 fully saturated rings. The lowest BCUT2D eigenvalue weighted by Gasteiger charge is -2.20. The van der Waals surface area contributed by atoms with Crippen LogP contribution < -0.4 is 10.1 Å². The Morgan fingerprint density at radius 3 is 2.45 bits per heavy atom. The van der Waals surface area contributed by atoms with Gasteiger partial charge in [-0.15, -0.1) is 0 Å². The van der Waals surface area contributed by atoms with Crippen LogP contribution in [0.5, 0.6) is 5.75 Å². The molecule has 0 spiro atoms. The normalized spacial score (nSPS) is 17.2. The third kappa shape index (κ3) is 5.47. The summed E-state index contributed by atoms with van der Waals surface area (Å²) in [4.78, 5) is 0. The second-order valence-electron chi connectivity index (χ2n) is 7.83. The van der Waals surface area contributed by atoms with Gasteiger partial charge in [0, 0.05) is 12.6 Å². The van der Waals surface area contributed by atoms with Gasteiger partial charge in [-0.2, -0.15) is 0 Å². The van der Waals surface area contributed by atoms with Crippen molar-refractivity contribution in [2.45, 2.75) is 37.8 Å². The largest absolute Gasteiger partial charge is 0.491 e. The lowest BCUT2D eigenvalue weighted by Crippen LogP contribution is -2.39. The molecule has 0 saturated heterocycles. The smallest absolute Gasteiger partial charge is 0.119 e. The number of fused-ring (bicyclic) bond motifs is 1. The first kappa shape index (κ1) is 19.7. The van der Waals surface area contributed by atoms with Gasteiger partial charge in [-0.3, -0.25) is 0 Å². The molecule has 0 aromatic heterocycles. The molecule has 3 aromatic carbocycles. The van der Waals surface area contributed by atoms with E-state index in [0.29, 0.717) is 19.2 Å². The van der Waals surface area contributed by atoms with E-state index < -0.39 is 6.10 Å². The average molecular weight is 388 g/mol. The van der Waals surface area contributed by atoms with Crippen LogP contribution in [0.2, 0.25) is 0 Å². The van der Waals surface area contributed by atoms with Crippen molar-refractivity contribution < 1.29 is 9.84 Å². The maximum Gasteiger partial charge on any atom is 0.119 e. The highest BCUT2D eigenvalue weighted by Crippen LogP contribution is 2.27. The number of ether oxygens (including phenoxy) is 1. The average Bonchev–Trinajstić information content (AvgIpc) is 2.99. The lowest BCUT2D eigenvalue weighted by atomic mass is 9.96. The number of hydrogen-bond acceptors (Lipinski definition) is 3. The van der Waals surface area contributed by atoms with Gasteiger partial charge in [0.25, 0.3) is 0 Å². The Morgan fingerprint density at radius 2 is 1.66 bits per heavy atom. The summed E-state index contributed by atoms with van der Waals surface area (Å²) in [6, 6.07) is 27.5. The van der Waals surface area contributed by atoms with Crippen LogP contribution in [0.25, 0.3) is 11.1 Å². The summed E-state index contributed by atoms with van der Waals surface area (Å²) >= 11 is 0. The van der Waals surface area contributed by atoms with Gasteiger partial charge in [0.1, 0.15) is 18.5 Å². The van der Waals surface area contributed by atoms with Crippen LogP contribution in [-0.2, 0) is 12.8 Å². The van der Waals surface area contributed by atoms with Crippen LogP contribution >= 0.6 is 0 Å².